The van der Waals surface area contributed by atoms with Gasteiger partial charge in [0.15, 0.2) is 5.78 Å². The Morgan fingerprint density at radius 3 is 2.76 bits per heavy atom. The van der Waals surface area contributed by atoms with Gasteiger partial charge in [-0.1, -0.05) is 0 Å². The number of rotatable bonds is 3. The van der Waals surface area contributed by atoms with Gasteiger partial charge in [-0.3, -0.25) is 9.78 Å². The van der Waals surface area contributed by atoms with E-state index in [0.29, 0.717) is 5.56 Å². The summed E-state index contributed by atoms with van der Waals surface area (Å²) in [6.45, 7) is 5.32. The van der Waals surface area contributed by atoms with Gasteiger partial charge in [0.05, 0.1) is 22.6 Å². The average molecular weight is 247 g/mol. The highest BCUT2D eigenvalue weighted by Crippen LogP contribution is 2.28. The fraction of sp³-hybridized carbons (Fsp3) is 0.250. The molecule has 0 bridgehead atoms. The molecule has 0 atom stereocenters. The van der Waals surface area contributed by atoms with Crippen LogP contribution in [0.1, 0.15) is 28.7 Å². The number of nitrogens with zero attached hydrogens (tertiary/aromatic N) is 2. The van der Waals surface area contributed by atoms with Gasteiger partial charge in [-0.25, -0.2) is 0 Å². The number of carbonyl (C=O) groups is 1. The predicted octanol–water partition coefficient (Wildman–Crippen LogP) is 3.10. The van der Waals surface area contributed by atoms with Crippen molar-refractivity contribution in [2.45, 2.75) is 20.8 Å². The summed E-state index contributed by atoms with van der Waals surface area (Å²) in [6, 6.07) is 3.79. The Morgan fingerprint density at radius 1 is 1.35 bits per heavy atom. The van der Waals surface area contributed by atoms with Crippen molar-refractivity contribution >= 4 is 28.0 Å². The summed E-state index contributed by atoms with van der Waals surface area (Å²) < 4.78 is 4.20. The number of aryl methyl sites for hydroxylation is 2. The molecule has 2 rings (SSSR count). The van der Waals surface area contributed by atoms with E-state index in [1.165, 1.54) is 11.5 Å². The van der Waals surface area contributed by atoms with Gasteiger partial charge in [0.2, 0.25) is 0 Å². The smallest absolute Gasteiger partial charge is 0.164 e. The zero-order valence-corrected chi connectivity index (χ0v) is 10.8. The van der Waals surface area contributed by atoms with E-state index in [1.54, 1.807) is 13.1 Å². The Morgan fingerprint density at radius 2 is 2.12 bits per heavy atom. The fourth-order valence-corrected chi connectivity index (χ4v) is 2.47. The minimum atomic E-state index is 0.0280. The maximum absolute atomic E-state index is 11.5. The molecule has 0 radical (unpaired) electrons. The number of aromatic nitrogens is 2. The number of ketones is 1. The zero-order valence-electron chi connectivity index (χ0n) is 9.94. The van der Waals surface area contributed by atoms with E-state index < -0.39 is 0 Å². The monoisotopic (exact) mass is 247 g/mol. The number of hydrogen-bond donors (Lipinski definition) is 1. The first-order valence-electron chi connectivity index (χ1n) is 5.25. The van der Waals surface area contributed by atoms with E-state index >= 15 is 0 Å². The maximum Gasteiger partial charge on any atom is 0.164 e. The molecule has 1 N–H and O–H groups in total. The van der Waals surface area contributed by atoms with Crippen LogP contribution in [0.5, 0.6) is 0 Å². The van der Waals surface area contributed by atoms with Crippen LogP contribution in [-0.4, -0.2) is 15.1 Å². The van der Waals surface area contributed by atoms with Gasteiger partial charge in [0.1, 0.15) is 5.00 Å². The molecule has 0 saturated carbocycles. The van der Waals surface area contributed by atoms with Gasteiger partial charge in [-0.05, 0) is 44.4 Å². The lowest BCUT2D eigenvalue weighted by molar-refractivity contribution is 0.101. The van der Waals surface area contributed by atoms with Crippen molar-refractivity contribution in [1.29, 1.82) is 0 Å². The van der Waals surface area contributed by atoms with Crippen LogP contribution in [0.25, 0.3) is 0 Å². The molecule has 2 aromatic heterocycles. The van der Waals surface area contributed by atoms with Gasteiger partial charge in [-0.15, -0.1) is 0 Å². The number of hydrogen-bond acceptors (Lipinski definition) is 5. The van der Waals surface area contributed by atoms with Crippen LogP contribution in [0.3, 0.4) is 0 Å². The molecule has 2 aromatic rings. The molecule has 0 fully saturated rings. The predicted molar refractivity (Wildman–Crippen MR) is 69.1 cm³/mol. The topological polar surface area (TPSA) is 54.9 Å². The standard InChI is InChI=1S/C12H13N3OS/c1-7-10(5-4-6-13-7)14-12-11(9(3)16)8(2)15-17-12/h4-6,14H,1-3H3. The second kappa shape index (κ2) is 4.63. The fourth-order valence-electron chi connectivity index (χ4n) is 1.61. The van der Waals surface area contributed by atoms with Gasteiger partial charge >= 0.3 is 0 Å². The molecule has 4 nitrogen and oxygen atoms in total. The highest BCUT2D eigenvalue weighted by molar-refractivity contribution is 7.10. The van der Waals surface area contributed by atoms with Crippen LogP contribution >= 0.6 is 11.5 Å². The number of pyridine rings is 1. The lowest BCUT2D eigenvalue weighted by Crippen LogP contribution is -2.00. The summed E-state index contributed by atoms with van der Waals surface area (Å²) in [5, 5.41) is 4.00. The Hall–Kier alpha value is -1.75. The van der Waals surface area contributed by atoms with Gasteiger partial charge in [0, 0.05) is 6.20 Å². The SMILES string of the molecule is CC(=O)c1c(C)nsc1Nc1cccnc1C. The van der Waals surface area contributed by atoms with E-state index in [9.17, 15) is 4.79 Å². The molecule has 0 aliphatic carbocycles. The second-order valence-corrected chi connectivity index (χ2v) is 4.56. The minimum Gasteiger partial charge on any atom is -0.344 e. The van der Waals surface area contributed by atoms with Crippen LogP contribution < -0.4 is 5.32 Å². The first-order valence-corrected chi connectivity index (χ1v) is 6.02. The third-order valence-corrected chi connectivity index (χ3v) is 3.32. The third kappa shape index (κ3) is 2.34. The van der Waals surface area contributed by atoms with E-state index in [1.807, 2.05) is 26.0 Å². The molecule has 17 heavy (non-hydrogen) atoms. The number of carbonyl (C=O) groups excluding carboxylic acids is 1. The molecule has 0 spiro atoms. The number of Topliss-reactive ketones (excluding diaryl/α,β-unsaturated/α-hetero) is 1. The molecule has 0 amide bonds. The van der Waals surface area contributed by atoms with Crippen molar-refractivity contribution in [3.8, 4) is 0 Å². The van der Waals surface area contributed by atoms with Crippen LogP contribution in [0.2, 0.25) is 0 Å². The number of anilines is 2. The van der Waals surface area contributed by atoms with Crippen molar-refractivity contribution in [2.24, 2.45) is 0 Å². The van der Waals surface area contributed by atoms with Crippen molar-refractivity contribution in [3.63, 3.8) is 0 Å². The molecule has 5 heteroatoms. The molecule has 0 unspecified atom stereocenters. The quantitative estimate of drug-likeness (QED) is 0.847. The average Bonchev–Trinajstić information content (AvgIpc) is 2.63. The Kier molecular flexibility index (Phi) is 3.19. The molecular formula is C12H13N3OS. The number of nitrogens with one attached hydrogen (secondary N) is 1. The van der Waals surface area contributed by atoms with Gasteiger partial charge in [0.25, 0.3) is 0 Å². The zero-order chi connectivity index (χ0) is 12.4. The summed E-state index contributed by atoms with van der Waals surface area (Å²) in [5.41, 5.74) is 3.23. The summed E-state index contributed by atoms with van der Waals surface area (Å²) in [6.07, 6.45) is 1.74. The molecule has 0 aliphatic rings. The van der Waals surface area contributed by atoms with Crippen molar-refractivity contribution in [1.82, 2.24) is 9.36 Å². The van der Waals surface area contributed by atoms with Gasteiger partial charge < -0.3 is 5.32 Å². The van der Waals surface area contributed by atoms with E-state index in [2.05, 4.69) is 14.7 Å². The highest BCUT2D eigenvalue weighted by atomic mass is 32.1. The van der Waals surface area contributed by atoms with Crippen molar-refractivity contribution in [2.75, 3.05) is 5.32 Å². The summed E-state index contributed by atoms with van der Waals surface area (Å²) in [5.74, 6) is 0.0280. The van der Waals surface area contributed by atoms with E-state index in [-0.39, 0.29) is 5.78 Å². The first kappa shape index (κ1) is 11.7. The lowest BCUT2D eigenvalue weighted by Gasteiger charge is -2.07. The second-order valence-electron chi connectivity index (χ2n) is 3.79. The molecule has 0 saturated heterocycles. The van der Waals surface area contributed by atoms with Gasteiger partial charge in [-0.2, -0.15) is 4.37 Å². The van der Waals surface area contributed by atoms with Crippen molar-refractivity contribution in [3.05, 3.63) is 35.3 Å². The molecule has 0 aromatic carbocycles. The molecule has 0 aliphatic heterocycles. The summed E-state index contributed by atoms with van der Waals surface area (Å²) >= 11 is 1.30. The van der Waals surface area contributed by atoms with E-state index in [4.69, 9.17) is 0 Å². The van der Waals surface area contributed by atoms with Crippen LogP contribution in [0.4, 0.5) is 10.7 Å². The maximum atomic E-state index is 11.5. The largest absolute Gasteiger partial charge is 0.344 e. The third-order valence-electron chi connectivity index (χ3n) is 2.47. The summed E-state index contributed by atoms with van der Waals surface area (Å²) in [7, 11) is 0. The minimum absolute atomic E-state index is 0.0280. The summed E-state index contributed by atoms with van der Waals surface area (Å²) in [4.78, 5) is 15.7. The van der Waals surface area contributed by atoms with Crippen molar-refractivity contribution < 1.29 is 4.79 Å². The molecule has 2 heterocycles. The Labute approximate surface area is 104 Å². The Balaban J connectivity index is 2.37. The van der Waals surface area contributed by atoms with Crippen LogP contribution in [0, 0.1) is 13.8 Å². The molecular weight excluding hydrogens is 234 g/mol. The van der Waals surface area contributed by atoms with E-state index in [0.717, 1.165) is 22.1 Å². The Bertz CT molecular complexity index is 563. The highest BCUT2D eigenvalue weighted by Gasteiger charge is 2.15. The van der Waals surface area contributed by atoms with Crippen LogP contribution in [-0.2, 0) is 0 Å². The molecule has 88 valence electrons. The lowest BCUT2D eigenvalue weighted by atomic mass is 10.2. The first-order chi connectivity index (χ1) is 8.09. The van der Waals surface area contributed by atoms with Crippen LogP contribution in [0.15, 0.2) is 18.3 Å². The normalized spacial score (nSPS) is 10.3.